The van der Waals surface area contributed by atoms with E-state index in [9.17, 15) is 9.90 Å². The molecule has 1 aromatic carbocycles. The second kappa shape index (κ2) is 5.65. The summed E-state index contributed by atoms with van der Waals surface area (Å²) in [6.07, 6.45) is 5.65. The first-order chi connectivity index (χ1) is 11.6. The molecule has 2 heterocycles. The van der Waals surface area contributed by atoms with E-state index in [1.165, 1.54) is 12.5 Å². The summed E-state index contributed by atoms with van der Waals surface area (Å²) >= 11 is 0. The van der Waals surface area contributed by atoms with Gasteiger partial charge >= 0.3 is 0 Å². The molecule has 1 amide bonds. The van der Waals surface area contributed by atoms with Crippen LogP contribution in [0.3, 0.4) is 0 Å². The van der Waals surface area contributed by atoms with Crippen LogP contribution in [-0.2, 0) is 12.8 Å². The Hall–Kier alpha value is -2.86. The van der Waals surface area contributed by atoms with Crippen molar-refractivity contribution in [1.29, 1.82) is 0 Å². The van der Waals surface area contributed by atoms with Gasteiger partial charge in [0.15, 0.2) is 0 Å². The lowest BCUT2D eigenvalue weighted by Crippen LogP contribution is -2.43. The molecule has 24 heavy (non-hydrogen) atoms. The second-order valence-corrected chi connectivity index (χ2v) is 6.20. The van der Waals surface area contributed by atoms with Crippen LogP contribution in [0.5, 0.6) is 0 Å². The molecule has 3 N–H and O–H groups in total. The molecule has 4 rings (SSSR count). The Balaban J connectivity index is 1.46. The Bertz CT molecular complexity index is 842. The van der Waals surface area contributed by atoms with Crippen LogP contribution in [-0.4, -0.2) is 33.4 Å². The Morgan fingerprint density at radius 3 is 2.71 bits per heavy atom. The third-order valence-corrected chi connectivity index (χ3v) is 4.43. The van der Waals surface area contributed by atoms with Crippen LogP contribution < -0.4 is 5.32 Å². The molecule has 0 saturated carbocycles. The molecular weight excluding hydrogens is 306 g/mol. The fourth-order valence-corrected chi connectivity index (χ4v) is 3.22. The SMILES string of the molecule is O=C(NCC1(O)Cc2ccccc2C1)c1cn[nH]c1-c1ccoc1. The lowest BCUT2D eigenvalue weighted by Gasteiger charge is -2.22. The number of carbonyl (C=O) groups is 1. The van der Waals surface area contributed by atoms with Crippen molar-refractivity contribution in [1.82, 2.24) is 15.5 Å². The van der Waals surface area contributed by atoms with Crippen LogP contribution in [0.1, 0.15) is 21.5 Å². The van der Waals surface area contributed by atoms with Crippen molar-refractivity contribution in [2.24, 2.45) is 0 Å². The third kappa shape index (κ3) is 2.61. The smallest absolute Gasteiger partial charge is 0.255 e. The molecule has 2 aromatic heterocycles. The predicted molar refractivity (Wildman–Crippen MR) is 87.4 cm³/mol. The molecule has 1 aliphatic rings. The number of carbonyl (C=O) groups excluding carboxylic acids is 1. The van der Waals surface area contributed by atoms with Crippen molar-refractivity contribution < 1.29 is 14.3 Å². The number of aliphatic hydroxyl groups is 1. The van der Waals surface area contributed by atoms with Crippen molar-refractivity contribution in [2.75, 3.05) is 6.54 Å². The summed E-state index contributed by atoms with van der Waals surface area (Å²) in [6.45, 7) is 0.191. The molecule has 6 heteroatoms. The maximum atomic E-state index is 12.5. The molecule has 0 spiro atoms. The highest BCUT2D eigenvalue weighted by molar-refractivity contribution is 5.99. The van der Waals surface area contributed by atoms with Gasteiger partial charge in [-0.2, -0.15) is 5.10 Å². The van der Waals surface area contributed by atoms with Crippen molar-refractivity contribution in [3.8, 4) is 11.3 Å². The maximum Gasteiger partial charge on any atom is 0.255 e. The zero-order valence-electron chi connectivity index (χ0n) is 13.0. The van der Waals surface area contributed by atoms with E-state index < -0.39 is 5.60 Å². The molecule has 0 radical (unpaired) electrons. The summed E-state index contributed by atoms with van der Waals surface area (Å²) in [5, 5.41) is 20.3. The van der Waals surface area contributed by atoms with Crippen LogP contribution >= 0.6 is 0 Å². The number of furan rings is 1. The molecule has 3 aromatic rings. The van der Waals surface area contributed by atoms with Crippen molar-refractivity contribution in [3.63, 3.8) is 0 Å². The molecule has 0 unspecified atom stereocenters. The zero-order valence-corrected chi connectivity index (χ0v) is 13.0. The number of aromatic amines is 1. The number of amides is 1. The molecule has 0 fully saturated rings. The number of rotatable bonds is 4. The molecule has 122 valence electrons. The summed E-state index contributed by atoms with van der Waals surface area (Å²) in [5.74, 6) is -0.274. The first-order valence-corrected chi connectivity index (χ1v) is 7.78. The van der Waals surface area contributed by atoms with Gasteiger partial charge in [0.25, 0.3) is 5.91 Å². The molecule has 1 aliphatic carbocycles. The highest BCUT2D eigenvalue weighted by Gasteiger charge is 2.35. The first kappa shape index (κ1) is 14.7. The van der Waals surface area contributed by atoms with Crippen LogP contribution in [0.25, 0.3) is 11.3 Å². The fourth-order valence-electron chi connectivity index (χ4n) is 3.22. The highest BCUT2D eigenvalue weighted by atomic mass is 16.3. The van der Waals surface area contributed by atoms with E-state index >= 15 is 0 Å². The number of nitrogens with one attached hydrogen (secondary N) is 2. The van der Waals surface area contributed by atoms with Crippen molar-refractivity contribution >= 4 is 5.91 Å². The number of hydrogen-bond donors (Lipinski definition) is 3. The topological polar surface area (TPSA) is 91.1 Å². The van der Waals surface area contributed by atoms with Gasteiger partial charge in [-0.15, -0.1) is 0 Å². The van der Waals surface area contributed by atoms with Crippen molar-refractivity contribution in [3.05, 3.63) is 65.7 Å². The van der Waals surface area contributed by atoms with Gasteiger partial charge in [-0.25, -0.2) is 0 Å². The van der Waals surface area contributed by atoms with Gasteiger partial charge in [-0.3, -0.25) is 9.89 Å². The lowest BCUT2D eigenvalue weighted by atomic mass is 10.0. The van der Waals surface area contributed by atoms with Gasteiger partial charge in [0.2, 0.25) is 0 Å². The van der Waals surface area contributed by atoms with E-state index in [4.69, 9.17) is 4.42 Å². The Kier molecular flexibility index (Phi) is 3.46. The lowest BCUT2D eigenvalue weighted by molar-refractivity contribution is 0.0480. The van der Waals surface area contributed by atoms with E-state index in [0.717, 1.165) is 16.7 Å². The summed E-state index contributed by atoms with van der Waals surface area (Å²) in [7, 11) is 0. The maximum absolute atomic E-state index is 12.5. The van der Waals surface area contributed by atoms with Gasteiger partial charge in [-0.1, -0.05) is 24.3 Å². The molecule has 0 atom stereocenters. The van der Waals surface area contributed by atoms with Gasteiger partial charge in [0.1, 0.15) is 0 Å². The second-order valence-electron chi connectivity index (χ2n) is 6.20. The average molecular weight is 323 g/mol. The normalized spacial score (nSPS) is 15.2. The standard InChI is InChI=1S/C18H17N3O3/c22-17(15-9-20-21-16(15)14-5-6-24-10-14)19-11-18(23)7-12-3-1-2-4-13(12)8-18/h1-6,9-10,23H,7-8,11H2,(H,19,22)(H,20,21). The average Bonchev–Trinajstić information content (AvgIpc) is 3.29. The number of benzene rings is 1. The van der Waals surface area contributed by atoms with Crippen LogP contribution in [0, 0.1) is 0 Å². The zero-order chi connectivity index (χ0) is 16.6. The Morgan fingerprint density at radius 2 is 2.04 bits per heavy atom. The molecular formula is C18H17N3O3. The molecule has 0 aliphatic heterocycles. The first-order valence-electron chi connectivity index (χ1n) is 7.78. The van der Waals surface area contributed by atoms with Gasteiger partial charge in [0.05, 0.1) is 35.6 Å². The predicted octanol–water partition coefficient (Wildman–Crippen LogP) is 1.93. The molecule has 6 nitrogen and oxygen atoms in total. The highest BCUT2D eigenvalue weighted by Crippen LogP contribution is 2.29. The molecule has 0 saturated heterocycles. The monoisotopic (exact) mass is 323 g/mol. The van der Waals surface area contributed by atoms with Crippen LogP contribution in [0.15, 0.2) is 53.5 Å². The van der Waals surface area contributed by atoms with Gasteiger partial charge < -0.3 is 14.8 Å². The Morgan fingerprint density at radius 1 is 1.29 bits per heavy atom. The van der Waals surface area contributed by atoms with Crippen LogP contribution in [0.2, 0.25) is 0 Å². The number of H-pyrrole nitrogens is 1. The molecule has 0 bridgehead atoms. The summed E-state index contributed by atoms with van der Waals surface area (Å²) < 4.78 is 5.05. The largest absolute Gasteiger partial charge is 0.472 e. The van der Waals surface area contributed by atoms with E-state index in [2.05, 4.69) is 15.5 Å². The van der Waals surface area contributed by atoms with Crippen LogP contribution in [0.4, 0.5) is 0 Å². The van der Waals surface area contributed by atoms with E-state index in [1.807, 2.05) is 24.3 Å². The minimum Gasteiger partial charge on any atom is -0.472 e. The number of fused-ring (bicyclic) bond motifs is 1. The van der Waals surface area contributed by atoms with E-state index in [0.29, 0.717) is 24.1 Å². The summed E-state index contributed by atoms with van der Waals surface area (Å²) in [5.41, 5.74) is 3.11. The minimum atomic E-state index is -0.946. The Labute approximate surface area is 138 Å². The van der Waals surface area contributed by atoms with Gasteiger partial charge in [0, 0.05) is 24.9 Å². The number of nitrogens with zero attached hydrogens (tertiary/aromatic N) is 1. The summed E-state index contributed by atoms with van der Waals surface area (Å²) in [4.78, 5) is 12.5. The minimum absolute atomic E-state index is 0.191. The fraction of sp³-hybridized carbons (Fsp3) is 0.222. The summed E-state index contributed by atoms with van der Waals surface area (Å²) in [6, 6.07) is 9.72. The third-order valence-electron chi connectivity index (χ3n) is 4.43. The van der Waals surface area contributed by atoms with E-state index in [1.54, 1.807) is 12.3 Å². The number of hydrogen-bond acceptors (Lipinski definition) is 4. The quantitative estimate of drug-likeness (QED) is 0.684. The van der Waals surface area contributed by atoms with Gasteiger partial charge in [-0.05, 0) is 17.2 Å². The van der Waals surface area contributed by atoms with Crippen molar-refractivity contribution in [2.45, 2.75) is 18.4 Å². The van der Waals surface area contributed by atoms with E-state index in [-0.39, 0.29) is 12.5 Å². The number of aromatic nitrogens is 2.